The minimum Gasteiger partial charge on any atom is -0.480 e. The van der Waals surface area contributed by atoms with Gasteiger partial charge in [-0.2, -0.15) is 10.2 Å². The molecule has 2 aromatic heterocycles. The number of aryl methyl sites for hydroxylation is 2. The number of aromatic nitrogens is 4. The zero-order valence-electron chi connectivity index (χ0n) is 11.2. The molecule has 0 aliphatic carbocycles. The Morgan fingerprint density at radius 2 is 2.15 bits per heavy atom. The maximum absolute atomic E-state index is 11.9. The Labute approximate surface area is 115 Å². The van der Waals surface area contributed by atoms with Gasteiger partial charge in [-0.25, -0.2) is 0 Å². The first-order chi connectivity index (χ1) is 9.49. The van der Waals surface area contributed by atoms with Gasteiger partial charge in [-0.05, 0) is 19.9 Å². The summed E-state index contributed by atoms with van der Waals surface area (Å²) in [4.78, 5) is 22.5. The molecule has 0 atom stereocenters. The number of carbonyl (C=O) groups excluding carboxylic acids is 1. The van der Waals surface area contributed by atoms with Gasteiger partial charge in [0.25, 0.3) is 5.91 Å². The van der Waals surface area contributed by atoms with Crippen LogP contribution in [0.4, 0.5) is 5.82 Å². The Morgan fingerprint density at radius 3 is 2.75 bits per heavy atom. The van der Waals surface area contributed by atoms with Crippen molar-refractivity contribution in [3.63, 3.8) is 0 Å². The molecule has 0 aromatic carbocycles. The van der Waals surface area contributed by atoms with Crippen molar-refractivity contribution in [2.24, 2.45) is 0 Å². The normalized spacial score (nSPS) is 10.5. The molecule has 2 aromatic rings. The summed E-state index contributed by atoms with van der Waals surface area (Å²) >= 11 is 0. The van der Waals surface area contributed by atoms with Crippen molar-refractivity contribution in [3.05, 3.63) is 29.7 Å². The van der Waals surface area contributed by atoms with E-state index in [4.69, 9.17) is 5.11 Å². The van der Waals surface area contributed by atoms with E-state index in [1.807, 2.05) is 13.8 Å². The molecule has 0 saturated heterocycles. The highest BCUT2D eigenvalue weighted by atomic mass is 16.4. The van der Waals surface area contributed by atoms with Crippen LogP contribution in [0, 0.1) is 6.92 Å². The Hall–Kier alpha value is -2.64. The van der Waals surface area contributed by atoms with Gasteiger partial charge < -0.3 is 10.4 Å². The molecule has 0 saturated carbocycles. The topological polar surface area (TPSA) is 102 Å². The van der Waals surface area contributed by atoms with Gasteiger partial charge in [0.2, 0.25) is 0 Å². The molecule has 0 unspecified atom stereocenters. The molecule has 8 heteroatoms. The van der Waals surface area contributed by atoms with Crippen LogP contribution in [0.2, 0.25) is 0 Å². The lowest BCUT2D eigenvalue weighted by molar-refractivity contribution is -0.137. The molecule has 2 N–H and O–H groups in total. The van der Waals surface area contributed by atoms with Crippen LogP contribution in [0.1, 0.15) is 23.1 Å². The molecule has 0 bridgehead atoms. The van der Waals surface area contributed by atoms with Crippen LogP contribution in [0.25, 0.3) is 0 Å². The van der Waals surface area contributed by atoms with Crippen LogP contribution in [0.15, 0.2) is 18.3 Å². The van der Waals surface area contributed by atoms with Crippen molar-refractivity contribution in [2.45, 2.75) is 26.9 Å². The largest absolute Gasteiger partial charge is 0.480 e. The molecule has 0 radical (unpaired) electrons. The van der Waals surface area contributed by atoms with E-state index in [9.17, 15) is 9.59 Å². The Bertz CT molecular complexity index is 643. The van der Waals surface area contributed by atoms with Crippen molar-refractivity contribution < 1.29 is 14.7 Å². The lowest BCUT2D eigenvalue weighted by Gasteiger charge is -1.99. The van der Waals surface area contributed by atoms with Gasteiger partial charge in [-0.3, -0.25) is 19.0 Å². The molecular formula is C12H15N5O3. The number of hydrogen-bond donors (Lipinski definition) is 2. The first-order valence-electron chi connectivity index (χ1n) is 6.10. The minimum atomic E-state index is -1.02. The van der Waals surface area contributed by atoms with Crippen LogP contribution >= 0.6 is 0 Å². The van der Waals surface area contributed by atoms with Crippen LogP contribution in [-0.4, -0.2) is 36.5 Å². The molecule has 106 valence electrons. The van der Waals surface area contributed by atoms with E-state index in [1.165, 1.54) is 16.9 Å². The Kier molecular flexibility index (Phi) is 3.83. The Balaban J connectivity index is 2.07. The molecule has 0 spiro atoms. The highest BCUT2D eigenvalue weighted by Gasteiger charge is 2.13. The van der Waals surface area contributed by atoms with Crippen LogP contribution in [0.5, 0.6) is 0 Å². The zero-order chi connectivity index (χ0) is 14.7. The van der Waals surface area contributed by atoms with Gasteiger partial charge in [0.15, 0.2) is 11.5 Å². The molecule has 20 heavy (non-hydrogen) atoms. The van der Waals surface area contributed by atoms with Gasteiger partial charge in [0.1, 0.15) is 6.54 Å². The van der Waals surface area contributed by atoms with E-state index in [2.05, 4.69) is 15.5 Å². The standard InChI is InChI=1S/C12H15N5O3/c1-3-17-8(2)6-10(15-17)13-12(20)9-4-5-16(14-9)7-11(18)19/h4-6H,3,7H2,1-2H3,(H,18,19)(H,13,15,20). The van der Waals surface area contributed by atoms with E-state index >= 15 is 0 Å². The quantitative estimate of drug-likeness (QED) is 0.839. The molecule has 0 aliphatic rings. The first-order valence-corrected chi connectivity index (χ1v) is 6.10. The van der Waals surface area contributed by atoms with E-state index in [0.29, 0.717) is 5.82 Å². The number of nitrogens with one attached hydrogen (secondary N) is 1. The van der Waals surface area contributed by atoms with Gasteiger partial charge in [0.05, 0.1) is 0 Å². The molecule has 2 rings (SSSR count). The number of anilines is 1. The average molecular weight is 277 g/mol. The highest BCUT2D eigenvalue weighted by molar-refractivity contribution is 6.02. The van der Waals surface area contributed by atoms with E-state index in [0.717, 1.165) is 12.2 Å². The number of carboxylic acid groups (broad SMARTS) is 1. The second kappa shape index (κ2) is 5.55. The summed E-state index contributed by atoms with van der Waals surface area (Å²) in [5.41, 5.74) is 1.09. The van der Waals surface area contributed by atoms with Gasteiger partial charge in [-0.15, -0.1) is 0 Å². The number of aliphatic carboxylic acids is 1. The summed E-state index contributed by atoms with van der Waals surface area (Å²) in [6.45, 7) is 4.29. The summed E-state index contributed by atoms with van der Waals surface area (Å²) in [5.74, 6) is -0.991. The fraction of sp³-hybridized carbons (Fsp3) is 0.333. The first kappa shape index (κ1) is 13.8. The van der Waals surface area contributed by atoms with Crippen molar-refractivity contribution in [1.82, 2.24) is 19.6 Å². The molecule has 2 heterocycles. The van der Waals surface area contributed by atoms with E-state index in [1.54, 1.807) is 10.7 Å². The summed E-state index contributed by atoms with van der Waals surface area (Å²) in [5, 5.41) is 19.4. The fourth-order valence-corrected chi connectivity index (χ4v) is 1.78. The van der Waals surface area contributed by atoms with Gasteiger partial charge in [-0.1, -0.05) is 0 Å². The third kappa shape index (κ3) is 3.02. The lowest BCUT2D eigenvalue weighted by atomic mass is 10.4. The predicted molar refractivity (Wildman–Crippen MR) is 70.5 cm³/mol. The van der Waals surface area contributed by atoms with Gasteiger partial charge in [0, 0.05) is 24.5 Å². The average Bonchev–Trinajstić information content (AvgIpc) is 2.95. The summed E-state index contributed by atoms with van der Waals surface area (Å²) in [7, 11) is 0. The number of hydrogen-bond acceptors (Lipinski definition) is 4. The third-order valence-corrected chi connectivity index (χ3v) is 2.69. The molecular weight excluding hydrogens is 262 g/mol. The number of carboxylic acids is 1. The van der Waals surface area contributed by atoms with Crippen molar-refractivity contribution in [2.75, 3.05) is 5.32 Å². The lowest BCUT2D eigenvalue weighted by Crippen LogP contribution is -2.15. The maximum Gasteiger partial charge on any atom is 0.325 e. The minimum absolute atomic E-state index is 0.148. The highest BCUT2D eigenvalue weighted by Crippen LogP contribution is 2.09. The molecule has 0 aliphatic heterocycles. The van der Waals surface area contributed by atoms with Gasteiger partial charge >= 0.3 is 5.97 Å². The molecule has 8 nitrogen and oxygen atoms in total. The summed E-state index contributed by atoms with van der Waals surface area (Å²) < 4.78 is 2.95. The third-order valence-electron chi connectivity index (χ3n) is 2.69. The number of carbonyl (C=O) groups is 2. The monoisotopic (exact) mass is 277 g/mol. The predicted octanol–water partition coefficient (Wildman–Crippen LogP) is 0.745. The molecule has 0 fully saturated rings. The number of nitrogens with zero attached hydrogens (tertiary/aromatic N) is 4. The van der Waals surface area contributed by atoms with Crippen LogP contribution < -0.4 is 5.32 Å². The number of rotatable bonds is 5. The smallest absolute Gasteiger partial charge is 0.325 e. The summed E-state index contributed by atoms with van der Waals surface area (Å²) in [6, 6.07) is 3.22. The number of amides is 1. The van der Waals surface area contributed by atoms with Crippen molar-refractivity contribution >= 4 is 17.7 Å². The maximum atomic E-state index is 11.9. The fourth-order valence-electron chi connectivity index (χ4n) is 1.78. The Morgan fingerprint density at radius 1 is 1.40 bits per heavy atom. The van der Waals surface area contributed by atoms with Crippen molar-refractivity contribution in [3.8, 4) is 0 Å². The zero-order valence-corrected chi connectivity index (χ0v) is 11.2. The second-order valence-corrected chi connectivity index (χ2v) is 4.23. The van der Waals surface area contributed by atoms with E-state index < -0.39 is 11.9 Å². The van der Waals surface area contributed by atoms with E-state index in [-0.39, 0.29) is 12.2 Å². The van der Waals surface area contributed by atoms with Crippen LogP contribution in [-0.2, 0) is 17.9 Å². The summed E-state index contributed by atoms with van der Waals surface area (Å²) in [6.07, 6.45) is 1.44. The SMILES string of the molecule is CCn1nc(NC(=O)c2ccn(CC(=O)O)n2)cc1C. The van der Waals surface area contributed by atoms with Crippen LogP contribution in [0.3, 0.4) is 0 Å². The molecule has 1 amide bonds. The second-order valence-electron chi connectivity index (χ2n) is 4.23. The van der Waals surface area contributed by atoms with Crippen molar-refractivity contribution in [1.29, 1.82) is 0 Å².